The van der Waals surface area contributed by atoms with Gasteiger partial charge in [0.05, 0.1) is 46.8 Å². The highest BCUT2D eigenvalue weighted by Gasteiger charge is 2.24. The first-order valence-corrected chi connectivity index (χ1v) is 13.5. The van der Waals surface area contributed by atoms with Crippen molar-refractivity contribution in [3.63, 3.8) is 0 Å². The molecule has 1 aliphatic carbocycles. The number of anilines is 2. The van der Waals surface area contributed by atoms with Gasteiger partial charge in [-0.2, -0.15) is 0 Å². The molecule has 3 aromatic rings. The normalized spacial score (nSPS) is 18.3. The fourth-order valence-electron chi connectivity index (χ4n) is 4.98. The van der Waals surface area contributed by atoms with E-state index in [2.05, 4.69) is 10.3 Å². The van der Waals surface area contributed by atoms with Crippen molar-refractivity contribution in [3.8, 4) is 11.5 Å². The van der Waals surface area contributed by atoms with E-state index in [1.165, 1.54) is 12.4 Å². The van der Waals surface area contributed by atoms with Crippen LogP contribution in [-0.2, 0) is 16.0 Å². The van der Waals surface area contributed by atoms with Crippen molar-refractivity contribution in [2.75, 3.05) is 25.6 Å². The van der Waals surface area contributed by atoms with Crippen LogP contribution in [0.4, 0.5) is 11.4 Å². The maximum absolute atomic E-state index is 13.5. The van der Waals surface area contributed by atoms with Crippen molar-refractivity contribution in [1.82, 2.24) is 9.55 Å². The molecule has 1 aliphatic heterocycles. The average molecular weight is 548 g/mol. The Balaban J connectivity index is 1.58. The lowest BCUT2D eigenvalue weighted by molar-refractivity contribution is -0.163. The topological polar surface area (TPSA) is 83.8 Å². The van der Waals surface area contributed by atoms with Crippen LogP contribution in [-0.4, -0.2) is 42.3 Å². The molecule has 2 fully saturated rings. The van der Waals surface area contributed by atoms with E-state index in [1.54, 1.807) is 17.7 Å². The third-order valence-corrected chi connectivity index (χ3v) is 7.44. The molecule has 37 heavy (non-hydrogen) atoms. The maximum Gasteiger partial charge on any atom is 0.253 e. The fraction of sp³-hybridized carbons (Fsp3) is 0.481. The number of methoxy groups -OCH3 is 1. The molecule has 0 radical (unpaired) electrons. The van der Waals surface area contributed by atoms with Gasteiger partial charge in [0.25, 0.3) is 5.56 Å². The first-order chi connectivity index (χ1) is 18.0. The summed E-state index contributed by atoms with van der Waals surface area (Å²) in [5.74, 6) is 1.12. The Morgan fingerprint density at radius 2 is 1.86 bits per heavy atom. The van der Waals surface area contributed by atoms with Gasteiger partial charge in [-0.25, -0.2) is 0 Å². The van der Waals surface area contributed by atoms with E-state index in [-0.39, 0.29) is 18.0 Å². The molecule has 198 valence electrons. The summed E-state index contributed by atoms with van der Waals surface area (Å²) in [6.45, 7) is 1.36. The van der Waals surface area contributed by atoms with E-state index in [0.29, 0.717) is 58.2 Å². The molecule has 0 bridgehead atoms. The van der Waals surface area contributed by atoms with Gasteiger partial charge in [0, 0.05) is 37.0 Å². The maximum atomic E-state index is 13.5. The molecule has 1 saturated carbocycles. The first kappa shape index (κ1) is 26.1. The van der Waals surface area contributed by atoms with Crippen LogP contribution < -0.4 is 20.3 Å². The molecule has 1 unspecified atom stereocenters. The van der Waals surface area contributed by atoms with Crippen molar-refractivity contribution in [1.29, 1.82) is 0 Å². The molecule has 1 saturated heterocycles. The molecule has 1 atom stereocenters. The van der Waals surface area contributed by atoms with E-state index in [1.807, 2.05) is 12.1 Å². The second-order valence-corrected chi connectivity index (χ2v) is 10.1. The summed E-state index contributed by atoms with van der Waals surface area (Å²) in [5, 5.41) is 4.72. The Hall–Kier alpha value is -2.52. The fourth-order valence-corrected chi connectivity index (χ4v) is 5.44. The van der Waals surface area contributed by atoms with Crippen molar-refractivity contribution in [2.24, 2.45) is 0 Å². The number of aromatic nitrogens is 2. The molecule has 2 aliphatic rings. The Bertz CT molecular complexity index is 1280. The zero-order chi connectivity index (χ0) is 25.8. The molecule has 1 N–H and O–H groups in total. The zero-order valence-electron chi connectivity index (χ0n) is 20.8. The monoisotopic (exact) mass is 547 g/mol. The highest BCUT2D eigenvalue weighted by Crippen LogP contribution is 2.41. The van der Waals surface area contributed by atoms with Gasteiger partial charge in [0.15, 0.2) is 17.8 Å². The summed E-state index contributed by atoms with van der Waals surface area (Å²) in [6, 6.07) is 5.30. The van der Waals surface area contributed by atoms with Crippen LogP contribution in [0.3, 0.4) is 0 Å². The van der Waals surface area contributed by atoms with Crippen LogP contribution in [0.5, 0.6) is 11.5 Å². The molecule has 1 aromatic carbocycles. The van der Waals surface area contributed by atoms with Crippen molar-refractivity contribution in [3.05, 3.63) is 51.0 Å². The molecular weight excluding hydrogens is 517 g/mol. The molecule has 10 heteroatoms. The highest BCUT2D eigenvalue weighted by atomic mass is 35.5. The van der Waals surface area contributed by atoms with Crippen LogP contribution >= 0.6 is 23.2 Å². The SMILES string of the molecule is COc1ccc2c(Nc3c(Cl)cncc3Cl)cc(=O)n(CCOC3CCCCO3)c2c1OC1CCCC1. The van der Waals surface area contributed by atoms with Gasteiger partial charge in [-0.05, 0) is 57.1 Å². The Labute approximate surface area is 225 Å². The second-order valence-electron chi connectivity index (χ2n) is 9.34. The minimum atomic E-state index is -0.239. The number of rotatable bonds is 9. The minimum absolute atomic E-state index is 0.0654. The molecule has 0 amide bonds. The number of nitrogens with one attached hydrogen (secondary N) is 1. The number of benzene rings is 1. The zero-order valence-corrected chi connectivity index (χ0v) is 22.3. The van der Waals surface area contributed by atoms with Gasteiger partial charge in [0.1, 0.15) is 0 Å². The number of halogens is 2. The predicted octanol–water partition coefficient (Wildman–Crippen LogP) is 6.32. The number of hydrogen-bond acceptors (Lipinski definition) is 7. The summed E-state index contributed by atoms with van der Waals surface area (Å²) in [4.78, 5) is 17.6. The number of hydrogen-bond donors (Lipinski definition) is 1. The lowest BCUT2D eigenvalue weighted by atomic mass is 10.1. The lowest BCUT2D eigenvalue weighted by Gasteiger charge is -2.24. The third-order valence-electron chi connectivity index (χ3n) is 6.87. The summed E-state index contributed by atoms with van der Waals surface area (Å²) in [7, 11) is 1.60. The predicted molar refractivity (Wildman–Crippen MR) is 145 cm³/mol. The smallest absolute Gasteiger partial charge is 0.253 e. The number of pyridine rings is 2. The lowest BCUT2D eigenvalue weighted by Crippen LogP contribution is -2.27. The standard InChI is InChI=1S/C27H31Cl2N3O5/c1-34-22-10-9-18-21(31-25-19(28)15-30-16-20(25)29)14-23(33)32(11-13-36-24-8-4-5-12-35-24)26(18)27(22)37-17-6-2-3-7-17/h9-10,14-17,24H,2-8,11-13H2,1H3,(H,30,31). The Morgan fingerprint density at radius 1 is 1.11 bits per heavy atom. The second kappa shape index (κ2) is 11.9. The van der Waals surface area contributed by atoms with Gasteiger partial charge >= 0.3 is 0 Å². The van der Waals surface area contributed by atoms with Crippen molar-refractivity contribution >= 4 is 45.5 Å². The highest BCUT2D eigenvalue weighted by molar-refractivity contribution is 6.39. The average Bonchev–Trinajstić information content (AvgIpc) is 3.42. The number of nitrogens with zero attached hydrogens (tertiary/aromatic N) is 2. The minimum Gasteiger partial charge on any atom is -0.493 e. The van der Waals surface area contributed by atoms with E-state index >= 15 is 0 Å². The van der Waals surface area contributed by atoms with Crippen LogP contribution in [0.2, 0.25) is 10.0 Å². The van der Waals surface area contributed by atoms with Crippen LogP contribution in [0.1, 0.15) is 44.9 Å². The summed E-state index contributed by atoms with van der Waals surface area (Å²) in [5.41, 5.74) is 1.45. The molecule has 0 spiro atoms. The van der Waals surface area contributed by atoms with Gasteiger partial charge in [-0.3, -0.25) is 9.78 Å². The van der Waals surface area contributed by atoms with E-state index in [4.69, 9.17) is 42.1 Å². The van der Waals surface area contributed by atoms with Crippen molar-refractivity contribution in [2.45, 2.75) is 63.9 Å². The molecule has 8 nitrogen and oxygen atoms in total. The van der Waals surface area contributed by atoms with E-state index < -0.39 is 0 Å². The largest absolute Gasteiger partial charge is 0.493 e. The number of fused-ring (bicyclic) bond motifs is 1. The molecule has 5 rings (SSSR count). The quantitative estimate of drug-likeness (QED) is 0.335. The summed E-state index contributed by atoms with van der Waals surface area (Å²) >= 11 is 12.7. The molecular formula is C27H31Cl2N3O5. The van der Waals surface area contributed by atoms with Gasteiger partial charge in [0.2, 0.25) is 0 Å². The van der Waals surface area contributed by atoms with Gasteiger partial charge in [-0.1, -0.05) is 23.2 Å². The van der Waals surface area contributed by atoms with Crippen LogP contribution in [0.15, 0.2) is 35.4 Å². The van der Waals surface area contributed by atoms with Crippen LogP contribution in [0, 0.1) is 0 Å². The van der Waals surface area contributed by atoms with Gasteiger partial charge < -0.3 is 28.8 Å². The third kappa shape index (κ3) is 5.82. The molecule has 2 aromatic heterocycles. The van der Waals surface area contributed by atoms with Crippen molar-refractivity contribution < 1.29 is 18.9 Å². The Morgan fingerprint density at radius 3 is 2.57 bits per heavy atom. The van der Waals surface area contributed by atoms with Crippen LogP contribution in [0.25, 0.3) is 10.9 Å². The summed E-state index contributed by atoms with van der Waals surface area (Å²) in [6.07, 6.45) is 9.97. The van der Waals surface area contributed by atoms with E-state index in [0.717, 1.165) is 50.3 Å². The first-order valence-electron chi connectivity index (χ1n) is 12.8. The number of ether oxygens (including phenoxy) is 4. The summed E-state index contributed by atoms with van der Waals surface area (Å²) < 4.78 is 25.6. The van der Waals surface area contributed by atoms with Gasteiger partial charge in [-0.15, -0.1) is 0 Å². The Kier molecular flexibility index (Phi) is 8.39. The molecule has 3 heterocycles. The van der Waals surface area contributed by atoms with E-state index in [9.17, 15) is 4.79 Å².